The number of piperidine rings is 1. The van der Waals surface area contributed by atoms with Gasteiger partial charge in [-0.3, -0.25) is 0 Å². The fourth-order valence-electron chi connectivity index (χ4n) is 6.30. The first kappa shape index (κ1) is 26.6. The lowest BCUT2D eigenvalue weighted by Gasteiger charge is -2.49. The molecule has 1 unspecified atom stereocenters. The third-order valence-electron chi connectivity index (χ3n) is 8.20. The normalized spacial score (nSPS) is 21.6. The summed E-state index contributed by atoms with van der Waals surface area (Å²) in [6, 6.07) is 15.7. The van der Waals surface area contributed by atoms with E-state index in [0.717, 1.165) is 64.2 Å². The minimum Gasteiger partial charge on any atom is -0.494 e. The van der Waals surface area contributed by atoms with Gasteiger partial charge in [0.15, 0.2) is 0 Å². The lowest BCUT2D eigenvalue weighted by molar-refractivity contribution is 0.0318. The van der Waals surface area contributed by atoms with Crippen LogP contribution >= 0.6 is 0 Å². The molecule has 2 aromatic carbocycles. The molecular weight excluding hydrogens is 452 g/mol. The fraction of sp³-hybridized carbons (Fsp3) is 0.567. The van der Waals surface area contributed by atoms with Gasteiger partial charge in [-0.05, 0) is 86.5 Å². The van der Waals surface area contributed by atoms with Gasteiger partial charge in [0.05, 0.1) is 18.3 Å². The van der Waals surface area contributed by atoms with Crippen molar-refractivity contribution in [2.24, 2.45) is 5.92 Å². The highest BCUT2D eigenvalue weighted by Crippen LogP contribution is 2.45. The first-order valence-electron chi connectivity index (χ1n) is 13.6. The zero-order chi connectivity index (χ0) is 25.4. The number of aromatic carboxylic acids is 1. The maximum Gasteiger partial charge on any atom is 0.335 e. The van der Waals surface area contributed by atoms with Gasteiger partial charge in [-0.1, -0.05) is 37.6 Å². The summed E-state index contributed by atoms with van der Waals surface area (Å²) in [6.07, 6.45) is 7.00. The molecule has 36 heavy (non-hydrogen) atoms. The summed E-state index contributed by atoms with van der Waals surface area (Å²) in [5.74, 6) is 0.451. The Bertz CT molecular complexity index is 971. The quantitative estimate of drug-likeness (QED) is 0.400. The number of ether oxygens (including phenoxy) is 2. The first-order chi connectivity index (χ1) is 17.6. The molecule has 0 amide bonds. The van der Waals surface area contributed by atoms with E-state index in [2.05, 4.69) is 41.4 Å². The predicted molar refractivity (Wildman–Crippen MR) is 143 cm³/mol. The van der Waals surface area contributed by atoms with Crippen molar-refractivity contribution in [3.63, 3.8) is 0 Å². The number of carboxylic acid groups (broad SMARTS) is 1. The van der Waals surface area contributed by atoms with E-state index in [9.17, 15) is 4.79 Å². The van der Waals surface area contributed by atoms with Crippen LogP contribution in [0.25, 0.3) is 0 Å². The van der Waals surface area contributed by atoms with Crippen molar-refractivity contribution in [1.29, 1.82) is 0 Å². The number of nitrogens with zero attached hydrogens (tertiary/aromatic N) is 1. The zero-order valence-electron chi connectivity index (χ0n) is 21.9. The molecule has 0 bridgehead atoms. The molecule has 2 heterocycles. The van der Waals surface area contributed by atoms with Crippen LogP contribution < -0.4 is 10.1 Å². The van der Waals surface area contributed by atoms with Gasteiger partial charge in [0.25, 0.3) is 0 Å². The molecule has 6 heteroatoms. The van der Waals surface area contributed by atoms with Crippen LogP contribution in [-0.2, 0) is 16.7 Å². The van der Waals surface area contributed by atoms with E-state index < -0.39 is 5.97 Å². The summed E-state index contributed by atoms with van der Waals surface area (Å²) in [4.78, 5) is 13.6. The molecule has 196 valence electrons. The second kappa shape index (κ2) is 12.7. The van der Waals surface area contributed by atoms with Crippen LogP contribution in [0.1, 0.15) is 66.9 Å². The van der Waals surface area contributed by atoms with Crippen molar-refractivity contribution in [3.05, 3.63) is 65.2 Å². The minimum atomic E-state index is -0.915. The van der Waals surface area contributed by atoms with E-state index in [1.807, 2.05) is 7.11 Å². The summed E-state index contributed by atoms with van der Waals surface area (Å²) in [6.45, 7) is 8.14. The summed E-state index contributed by atoms with van der Waals surface area (Å²) < 4.78 is 11.8. The summed E-state index contributed by atoms with van der Waals surface area (Å²) in [7, 11) is 1.88. The SMILES string of the molecule is CCC[C@H](CC1(C2CCN(CCCOc3ccc(C(=O)O)cc3)CC2)CNCc2ccccc21)OC. The second-order valence-electron chi connectivity index (χ2n) is 10.4. The molecule has 2 atom stereocenters. The Kier molecular flexibility index (Phi) is 9.41. The molecule has 2 N–H and O–H groups in total. The average molecular weight is 495 g/mol. The van der Waals surface area contributed by atoms with Gasteiger partial charge in [0.1, 0.15) is 5.75 Å². The van der Waals surface area contributed by atoms with Crippen molar-refractivity contribution >= 4 is 5.97 Å². The Morgan fingerprint density at radius 3 is 2.61 bits per heavy atom. The number of carbonyl (C=O) groups is 1. The molecule has 0 aromatic heterocycles. The average Bonchev–Trinajstić information content (AvgIpc) is 2.91. The Labute approximate surface area is 216 Å². The molecule has 0 radical (unpaired) electrons. The van der Waals surface area contributed by atoms with Crippen LogP contribution in [0.15, 0.2) is 48.5 Å². The number of likely N-dealkylation sites (tertiary alicyclic amines) is 1. The Hall–Kier alpha value is -2.41. The standard InChI is InChI=1S/C30H42N2O4/c1-3-7-27(35-2)20-30(22-31-21-24-8-4-5-9-28(24)30)25-14-17-32(18-15-25)16-6-19-36-26-12-10-23(11-13-26)29(33)34/h4-5,8-13,25,27,31H,3,6-7,14-22H2,1-2H3,(H,33,34)/t27-,30?/m1/s1. The van der Waals surface area contributed by atoms with Gasteiger partial charge in [0.2, 0.25) is 0 Å². The number of benzene rings is 2. The predicted octanol–water partition coefficient (Wildman–Crippen LogP) is 5.11. The molecule has 0 spiro atoms. The van der Waals surface area contributed by atoms with Crippen molar-refractivity contribution < 1.29 is 19.4 Å². The number of methoxy groups -OCH3 is 1. The van der Waals surface area contributed by atoms with Gasteiger partial charge in [-0.15, -0.1) is 0 Å². The molecule has 0 aliphatic carbocycles. The van der Waals surface area contributed by atoms with Crippen molar-refractivity contribution in [1.82, 2.24) is 10.2 Å². The lowest BCUT2D eigenvalue weighted by atomic mass is 9.61. The van der Waals surface area contributed by atoms with Crippen LogP contribution in [0.3, 0.4) is 0 Å². The molecule has 2 aliphatic heterocycles. The number of rotatable bonds is 12. The number of carboxylic acids is 1. The van der Waals surface area contributed by atoms with Gasteiger partial charge in [0, 0.05) is 32.2 Å². The molecular formula is C30H42N2O4. The largest absolute Gasteiger partial charge is 0.494 e. The summed E-state index contributed by atoms with van der Waals surface area (Å²) in [5, 5.41) is 12.8. The second-order valence-corrected chi connectivity index (χ2v) is 10.4. The third kappa shape index (κ3) is 6.28. The molecule has 1 fully saturated rings. The van der Waals surface area contributed by atoms with E-state index in [4.69, 9.17) is 14.6 Å². The number of hydrogen-bond acceptors (Lipinski definition) is 5. The summed E-state index contributed by atoms with van der Waals surface area (Å²) in [5.41, 5.74) is 3.40. The highest BCUT2D eigenvalue weighted by molar-refractivity contribution is 5.87. The number of fused-ring (bicyclic) bond motifs is 1. The third-order valence-corrected chi connectivity index (χ3v) is 8.20. The van der Waals surface area contributed by atoms with E-state index in [1.165, 1.54) is 18.4 Å². The van der Waals surface area contributed by atoms with E-state index in [0.29, 0.717) is 18.6 Å². The monoisotopic (exact) mass is 494 g/mol. The molecule has 2 aromatic rings. The van der Waals surface area contributed by atoms with Crippen LogP contribution in [-0.4, -0.2) is 62.0 Å². The Morgan fingerprint density at radius 2 is 1.92 bits per heavy atom. The zero-order valence-corrected chi connectivity index (χ0v) is 21.9. The number of hydrogen-bond donors (Lipinski definition) is 2. The van der Waals surface area contributed by atoms with Gasteiger partial charge >= 0.3 is 5.97 Å². The number of nitrogens with one attached hydrogen (secondary N) is 1. The molecule has 6 nitrogen and oxygen atoms in total. The molecule has 4 rings (SSSR count). The van der Waals surface area contributed by atoms with Crippen LogP contribution in [0.4, 0.5) is 0 Å². The van der Waals surface area contributed by atoms with Gasteiger partial charge in [-0.25, -0.2) is 4.79 Å². The highest BCUT2D eigenvalue weighted by atomic mass is 16.5. The summed E-state index contributed by atoms with van der Waals surface area (Å²) >= 11 is 0. The van der Waals surface area contributed by atoms with Crippen LogP contribution in [0.2, 0.25) is 0 Å². The Morgan fingerprint density at radius 1 is 1.17 bits per heavy atom. The van der Waals surface area contributed by atoms with Crippen LogP contribution in [0, 0.1) is 5.92 Å². The van der Waals surface area contributed by atoms with E-state index in [-0.39, 0.29) is 11.0 Å². The minimum absolute atomic E-state index is 0.127. The van der Waals surface area contributed by atoms with Crippen LogP contribution in [0.5, 0.6) is 5.75 Å². The molecule has 2 aliphatic rings. The fourth-order valence-corrected chi connectivity index (χ4v) is 6.30. The maximum absolute atomic E-state index is 11.0. The van der Waals surface area contributed by atoms with E-state index in [1.54, 1.807) is 29.8 Å². The molecule has 1 saturated heterocycles. The topological polar surface area (TPSA) is 71.0 Å². The molecule has 0 saturated carbocycles. The lowest BCUT2D eigenvalue weighted by Crippen LogP contribution is -2.53. The van der Waals surface area contributed by atoms with Crippen molar-refractivity contribution in [3.8, 4) is 5.75 Å². The van der Waals surface area contributed by atoms with Gasteiger partial charge in [-0.2, -0.15) is 0 Å². The van der Waals surface area contributed by atoms with Gasteiger partial charge < -0.3 is 24.8 Å². The smallest absolute Gasteiger partial charge is 0.335 e. The highest BCUT2D eigenvalue weighted by Gasteiger charge is 2.45. The van der Waals surface area contributed by atoms with E-state index >= 15 is 0 Å². The van der Waals surface area contributed by atoms with Crippen molar-refractivity contribution in [2.75, 3.05) is 39.9 Å². The van der Waals surface area contributed by atoms with Crippen molar-refractivity contribution in [2.45, 2.75) is 63.5 Å². The first-order valence-corrected chi connectivity index (χ1v) is 13.6. The Balaban J connectivity index is 1.33. The maximum atomic E-state index is 11.0.